The Morgan fingerprint density at radius 2 is 1.74 bits per heavy atom. The Hall–Kier alpha value is -2.79. The van der Waals surface area contributed by atoms with Crippen LogP contribution < -0.4 is 9.62 Å². The fourth-order valence-electron chi connectivity index (χ4n) is 3.16. The number of sulfonamides is 1. The number of carbonyl (C=O) groups excluding carboxylic acids is 2. The third kappa shape index (κ3) is 7.10. The molecule has 0 spiro atoms. The molecule has 0 bridgehead atoms. The first kappa shape index (κ1) is 27.5. The van der Waals surface area contributed by atoms with E-state index in [0.717, 1.165) is 12.3 Å². The van der Waals surface area contributed by atoms with Crippen LogP contribution in [0.2, 0.25) is 5.02 Å². The van der Waals surface area contributed by atoms with E-state index in [1.165, 1.54) is 11.8 Å². The van der Waals surface area contributed by atoms with Crippen LogP contribution in [0.15, 0.2) is 48.5 Å². The quantitative estimate of drug-likeness (QED) is 0.547. The van der Waals surface area contributed by atoms with Gasteiger partial charge in [-0.05, 0) is 37.6 Å². The standard InChI is InChI=1S/C22H25ClF3N3O4S/c1-4-27-21(31)15(2)28(13-16-8-6-5-7-9-16)20(30)14-29(34(3,32)33)19-12-17(22(24,25)26)10-11-18(19)23/h5-12,15H,4,13-14H2,1-3H3,(H,27,31)/t15-/m1/s1. The van der Waals surface area contributed by atoms with Crippen molar-refractivity contribution in [1.82, 2.24) is 10.2 Å². The fourth-order valence-corrected chi connectivity index (χ4v) is 4.28. The van der Waals surface area contributed by atoms with E-state index in [2.05, 4.69) is 5.32 Å². The van der Waals surface area contributed by atoms with Crippen LogP contribution in [0, 0.1) is 0 Å². The molecule has 0 saturated heterocycles. The molecule has 0 heterocycles. The molecule has 0 saturated carbocycles. The molecule has 186 valence electrons. The normalized spacial score (nSPS) is 12.7. The molecule has 12 heteroatoms. The first-order valence-electron chi connectivity index (χ1n) is 10.2. The van der Waals surface area contributed by atoms with Gasteiger partial charge in [0.2, 0.25) is 21.8 Å². The second-order valence-corrected chi connectivity index (χ2v) is 9.83. The number of amides is 2. The predicted octanol–water partition coefficient (Wildman–Crippen LogP) is 3.68. The van der Waals surface area contributed by atoms with Gasteiger partial charge in [0.25, 0.3) is 0 Å². The maximum absolute atomic E-state index is 13.3. The van der Waals surface area contributed by atoms with E-state index in [4.69, 9.17) is 11.6 Å². The summed E-state index contributed by atoms with van der Waals surface area (Å²) in [5, 5.41) is 2.32. The van der Waals surface area contributed by atoms with Crippen molar-refractivity contribution in [2.24, 2.45) is 0 Å². The van der Waals surface area contributed by atoms with E-state index < -0.39 is 51.9 Å². The minimum atomic E-state index is -4.75. The molecule has 0 aliphatic rings. The van der Waals surface area contributed by atoms with Crippen LogP contribution >= 0.6 is 11.6 Å². The fraction of sp³-hybridized carbons (Fsp3) is 0.364. The van der Waals surface area contributed by atoms with Crippen molar-refractivity contribution in [1.29, 1.82) is 0 Å². The van der Waals surface area contributed by atoms with Crippen molar-refractivity contribution < 1.29 is 31.2 Å². The molecule has 0 unspecified atom stereocenters. The maximum Gasteiger partial charge on any atom is 0.416 e. The monoisotopic (exact) mass is 519 g/mol. The van der Waals surface area contributed by atoms with Crippen LogP contribution in [0.25, 0.3) is 0 Å². The van der Waals surface area contributed by atoms with Crippen LogP contribution in [-0.4, -0.2) is 50.5 Å². The van der Waals surface area contributed by atoms with Gasteiger partial charge in [0.1, 0.15) is 12.6 Å². The van der Waals surface area contributed by atoms with Gasteiger partial charge >= 0.3 is 6.18 Å². The average molecular weight is 520 g/mol. The number of carbonyl (C=O) groups is 2. The third-order valence-electron chi connectivity index (χ3n) is 4.94. The molecule has 2 aromatic rings. The van der Waals surface area contributed by atoms with Crippen LogP contribution in [0.4, 0.5) is 18.9 Å². The first-order valence-corrected chi connectivity index (χ1v) is 12.4. The second kappa shape index (κ2) is 11.1. The number of hydrogen-bond donors (Lipinski definition) is 1. The summed E-state index contributed by atoms with van der Waals surface area (Å²) < 4.78 is 65.2. The van der Waals surface area contributed by atoms with Gasteiger partial charge in [0, 0.05) is 13.1 Å². The molecule has 0 aliphatic heterocycles. The van der Waals surface area contributed by atoms with Gasteiger partial charge in [0.05, 0.1) is 22.5 Å². The van der Waals surface area contributed by atoms with Gasteiger partial charge in [0.15, 0.2) is 0 Å². The molecule has 0 aromatic heterocycles. The molecule has 2 amide bonds. The molecule has 7 nitrogen and oxygen atoms in total. The van der Waals surface area contributed by atoms with E-state index in [1.807, 2.05) is 0 Å². The van der Waals surface area contributed by atoms with E-state index in [0.29, 0.717) is 28.5 Å². The van der Waals surface area contributed by atoms with Crippen molar-refractivity contribution in [3.63, 3.8) is 0 Å². The zero-order valence-electron chi connectivity index (χ0n) is 18.8. The number of halogens is 4. The highest BCUT2D eigenvalue weighted by atomic mass is 35.5. The summed E-state index contributed by atoms with van der Waals surface area (Å²) in [6.45, 7) is 2.62. The summed E-state index contributed by atoms with van der Waals surface area (Å²) in [5.74, 6) is -1.25. The Bertz CT molecular complexity index is 1130. The third-order valence-corrected chi connectivity index (χ3v) is 6.38. The topological polar surface area (TPSA) is 86.8 Å². The summed E-state index contributed by atoms with van der Waals surface area (Å²) >= 11 is 6.03. The van der Waals surface area contributed by atoms with Crippen LogP contribution in [-0.2, 0) is 32.3 Å². The highest BCUT2D eigenvalue weighted by Gasteiger charge is 2.34. The van der Waals surface area contributed by atoms with Crippen molar-refractivity contribution in [2.75, 3.05) is 23.7 Å². The van der Waals surface area contributed by atoms with Crippen molar-refractivity contribution in [3.05, 3.63) is 64.7 Å². The SMILES string of the molecule is CCNC(=O)[C@@H](C)N(Cc1ccccc1)C(=O)CN(c1cc(C(F)(F)F)ccc1Cl)S(C)(=O)=O. The molecule has 0 fully saturated rings. The molecular formula is C22H25ClF3N3O4S. The molecule has 0 radical (unpaired) electrons. The Balaban J connectivity index is 2.48. The van der Waals surface area contributed by atoms with Crippen LogP contribution in [0.3, 0.4) is 0 Å². The number of anilines is 1. The maximum atomic E-state index is 13.3. The Labute approximate surface area is 201 Å². The average Bonchev–Trinajstić information content (AvgIpc) is 2.75. The molecule has 1 atom stereocenters. The first-order chi connectivity index (χ1) is 15.8. The van der Waals surface area contributed by atoms with Crippen molar-refractivity contribution >= 4 is 39.1 Å². The summed E-state index contributed by atoms with van der Waals surface area (Å²) in [6, 6.07) is 9.92. The highest BCUT2D eigenvalue weighted by molar-refractivity contribution is 7.92. The van der Waals surface area contributed by atoms with Gasteiger partial charge in [-0.2, -0.15) is 13.2 Å². The molecule has 0 aliphatic carbocycles. The number of hydrogen-bond acceptors (Lipinski definition) is 4. The molecular weight excluding hydrogens is 495 g/mol. The molecule has 2 rings (SSSR count). The number of nitrogens with one attached hydrogen (secondary N) is 1. The van der Waals surface area contributed by atoms with E-state index in [1.54, 1.807) is 37.3 Å². The lowest BCUT2D eigenvalue weighted by Crippen LogP contribution is -2.51. The number of likely N-dealkylation sites (N-methyl/N-ethyl adjacent to an activating group) is 1. The molecule has 34 heavy (non-hydrogen) atoms. The smallest absolute Gasteiger partial charge is 0.355 e. The number of rotatable bonds is 9. The summed E-state index contributed by atoms with van der Waals surface area (Å²) in [6.07, 6.45) is -4.00. The van der Waals surface area contributed by atoms with Crippen molar-refractivity contribution in [3.8, 4) is 0 Å². The predicted molar refractivity (Wildman–Crippen MR) is 124 cm³/mol. The van der Waals surface area contributed by atoms with Gasteiger partial charge in [-0.3, -0.25) is 13.9 Å². The largest absolute Gasteiger partial charge is 0.416 e. The van der Waals surface area contributed by atoms with Gasteiger partial charge < -0.3 is 10.2 Å². The van der Waals surface area contributed by atoms with E-state index >= 15 is 0 Å². The lowest BCUT2D eigenvalue weighted by atomic mass is 10.1. The number of alkyl halides is 3. The highest BCUT2D eigenvalue weighted by Crippen LogP contribution is 2.36. The van der Waals surface area contributed by atoms with Gasteiger partial charge in [-0.15, -0.1) is 0 Å². The molecule has 1 N–H and O–H groups in total. The van der Waals surface area contributed by atoms with E-state index in [9.17, 15) is 31.2 Å². The van der Waals surface area contributed by atoms with Crippen molar-refractivity contribution in [2.45, 2.75) is 32.6 Å². The second-order valence-electron chi connectivity index (χ2n) is 7.51. The minimum absolute atomic E-state index is 0.0219. The lowest BCUT2D eigenvalue weighted by Gasteiger charge is -2.31. The van der Waals surface area contributed by atoms with Crippen LogP contribution in [0.5, 0.6) is 0 Å². The molecule has 2 aromatic carbocycles. The Morgan fingerprint density at radius 1 is 1.12 bits per heavy atom. The number of nitrogens with zero attached hydrogens (tertiary/aromatic N) is 2. The van der Waals surface area contributed by atoms with E-state index in [-0.39, 0.29) is 11.6 Å². The lowest BCUT2D eigenvalue weighted by molar-refractivity contribution is -0.139. The number of benzene rings is 2. The van der Waals surface area contributed by atoms with Gasteiger partial charge in [-0.1, -0.05) is 41.9 Å². The van der Waals surface area contributed by atoms with Gasteiger partial charge in [-0.25, -0.2) is 8.42 Å². The zero-order chi connectivity index (χ0) is 25.7. The summed E-state index contributed by atoms with van der Waals surface area (Å²) in [4.78, 5) is 26.9. The minimum Gasteiger partial charge on any atom is -0.355 e. The Morgan fingerprint density at radius 3 is 2.26 bits per heavy atom. The van der Waals surface area contributed by atoms with Crippen LogP contribution in [0.1, 0.15) is 25.0 Å². The zero-order valence-corrected chi connectivity index (χ0v) is 20.3. The summed E-state index contributed by atoms with van der Waals surface area (Å²) in [5.41, 5.74) is -0.933. The summed E-state index contributed by atoms with van der Waals surface area (Å²) in [7, 11) is -4.23. The Kier molecular flexibility index (Phi) is 8.96.